The molecular formula is C16H21NO2. The van der Waals surface area contributed by atoms with E-state index in [1.54, 1.807) is 6.08 Å². The summed E-state index contributed by atoms with van der Waals surface area (Å²) in [6.07, 6.45) is 5.47. The Bertz CT molecular complexity index is 503. The first-order valence-electron chi connectivity index (χ1n) is 6.73. The van der Waals surface area contributed by atoms with Gasteiger partial charge in [-0.25, -0.2) is 4.79 Å². The normalized spacial score (nSPS) is 16.6. The molecule has 0 saturated heterocycles. The van der Waals surface area contributed by atoms with Gasteiger partial charge in [-0.3, -0.25) is 0 Å². The Morgan fingerprint density at radius 3 is 2.68 bits per heavy atom. The van der Waals surface area contributed by atoms with E-state index in [1.807, 2.05) is 12.1 Å². The average molecular weight is 259 g/mol. The van der Waals surface area contributed by atoms with Gasteiger partial charge in [0.05, 0.1) is 0 Å². The molecule has 19 heavy (non-hydrogen) atoms. The zero-order chi connectivity index (χ0) is 14.0. The number of hydrogen-bond donors (Lipinski definition) is 1. The maximum absolute atomic E-state index is 10.5. The molecule has 1 aliphatic rings. The third-order valence-corrected chi connectivity index (χ3v) is 3.93. The zero-order valence-corrected chi connectivity index (χ0v) is 11.8. The van der Waals surface area contributed by atoms with Gasteiger partial charge in [-0.15, -0.1) is 0 Å². The number of hydrogen-bond acceptors (Lipinski definition) is 2. The molecule has 0 aromatic heterocycles. The lowest BCUT2D eigenvalue weighted by Gasteiger charge is -2.28. The molecule has 102 valence electrons. The number of aryl methyl sites for hydroxylation is 1. The summed E-state index contributed by atoms with van der Waals surface area (Å²) in [5.41, 5.74) is 3.34. The number of aliphatic carboxylic acids is 1. The van der Waals surface area contributed by atoms with Crippen LogP contribution >= 0.6 is 0 Å². The van der Waals surface area contributed by atoms with Crippen LogP contribution in [0.4, 0.5) is 5.69 Å². The molecule has 1 saturated carbocycles. The first kappa shape index (κ1) is 13.7. The van der Waals surface area contributed by atoms with Gasteiger partial charge in [0.1, 0.15) is 0 Å². The highest BCUT2D eigenvalue weighted by molar-refractivity contribution is 5.85. The van der Waals surface area contributed by atoms with Gasteiger partial charge in [-0.1, -0.05) is 6.07 Å². The van der Waals surface area contributed by atoms with E-state index in [4.69, 9.17) is 5.11 Å². The van der Waals surface area contributed by atoms with Crippen molar-refractivity contribution in [2.75, 3.05) is 11.9 Å². The van der Waals surface area contributed by atoms with Crippen LogP contribution in [0, 0.1) is 12.8 Å². The van der Waals surface area contributed by atoms with Crippen LogP contribution in [-0.4, -0.2) is 24.2 Å². The van der Waals surface area contributed by atoms with Crippen LogP contribution in [0.25, 0.3) is 6.08 Å². The predicted molar refractivity (Wildman–Crippen MR) is 78.4 cm³/mol. The topological polar surface area (TPSA) is 40.5 Å². The molecular weight excluding hydrogens is 238 g/mol. The first-order chi connectivity index (χ1) is 8.99. The number of carboxylic acids is 1. The molecule has 3 heteroatoms. The molecule has 1 atom stereocenters. The second kappa shape index (κ2) is 5.47. The average Bonchev–Trinajstić information content (AvgIpc) is 3.19. The summed E-state index contributed by atoms with van der Waals surface area (Å²) in [5.74, 6) is -0.0859. The van der Waals surface area contributed by atoms with Crippen molar-refractivity contribution in [2.24, 2.45) is 5.92 Å². The smallest absolute Gasteiger partial charge is 0.328 e. The third-order valence-electron chi connectivity index (χ3n) is 3.93. The summed E-state index contributed by atoms with van der Waals surface area (Å²) in [4.78, 5) is 12.8. The SMILES string of the molecule is Cc1cc(/C=C/C(=O)O)ccc1N(C)C(C)C1CC1. The van der Waals surface area contributed by atoms with E-state index in [0.717, 1.165) is 11.5 Å². The van der Waals surface area contributed by atoms with Crippen molar-refractivity contribution in [1.29, 1.82) is 0 Å². The molecule has 1 N–H and O–H groups in total. The van der Waals surface area contributed by atoms with Crippen LogP contribution in [0.5, 0.6) is 0 Å². The maximum Gasteiger partial charge on any atom is 0.328 e. The summed E-state index contributed by atoms with van der Waals surface area (Å²) in [6, 6.07) is 6.65. The Morgan fingerprint density at radius 1 is 1.47 bits per heavy atom. The van der Waals surface area contributed by atoms with E-state index in [9.17, 15) is 4.79 Å². The molecule has 1 fully saturated rings. The fourth-order valence-electron chi connectivity index (χ4n) is 2.46. The van der Waals surface area contributed by atoms with Crippen LogP contribution in [0.2, 0.25) is 0 Å². The second-order valence-electron chi connectivity index (χ2n) is 5.41. The Kier molecular flexibility index (Phi) is 3.93. The molecule has 0 spiro atoms. The van der Waals surface area contributed by atoms with E-state index in [-0.39, 0.29) is 0 Å². The van der Waals surface area contributed by atoms with Crippen molar-refractivity contribution < 1.29 is 9.90 Å². The van der Waals surface area contributed by atoms with Gasteiger partial charge in [0.2, 0.25) is 0 Å². The van der Waals surface area contributed by atoms with Crippen molar-refractivity contribution in [1.82, 2.24) is 0 Å². The van der Waals surface area contributed by atoms with Crippen molar-refractivity contribution in [3.05, 3.63) is 35.4 Å². The standard InChI is InChI=1S/C16H21NO2/c1-11-10-13(5-9-16(18)19)4-8-15(11)17(3)12(2)14-6-7-14/h4-5,8-10,12,14H,6-7H2,1-3H3,(H,18,19)/b9-5+. The molecule has 1 unspecified atom stereocenters. The molecule has 0 aliphatic heterocycles. The number of anilines is 1. The Hall–Kier alpha value is -1.77. The van der Waals surface area contributed by atoms with Gasteiger partial charge < -0.3 is 10.0 Å². The monoisotopic (exact) mass is 259 g/mol. The highest BCUT2D eigenvalue weighted by Gasteiger charge is 2.30. The minimum atomic E-state index is -0.916. The molecule has 1 aromatic rings. The van der Waals surface area contributed by atoms with Crippen LogP contribution in [0.3, 0.4) is 0 Å². The van der Waals surface area contributed by atoms with Crippen molar-refractivity contribution in [2.45, 2.75) is 32.7 Å². The zero-order valence-electron chi connectivity index (χ0n) is 11.8. The molecule has 0 amide bonds. The predicted octanol–water partition coefficient (Wildman–Crippen LogP) is 3.33. The summed E-state index contributed by atoms with van der Waals surface area (Å²) in [7, 11) is 2.14. The number of benzene rings is 1. The van der Waals surface area contributed by atoms with Crippen LogP contribution < -0.4 is 4.90 Å². The van der Waals surface area contributed by atoms with E-state index < -0.39 is 5.97 Å². The van der Waals surface area contributed by atoms with Gasteiger partial charge >= 0.3 is 5.97 Å². The molecule has 0 bridgehead atoms. The van der Waals surface area contributed by atoms with Gasteiger partial charge in [-0.2, -0.15) is 0 Å². The first-order valence-corrected chi connectivity index (χ1v) is 6.73. The number of nitrogens with zero attached hydrogens (tertiary/aromatic N) is 1. The van der Waals surface area contributed by atoms with Crippen molar-refractivity contribution in [3.63, 3.8) is 0 Å². The molecule has 0 heterocycles. The Balaban J connectivity index is 2.16. The van der Waals surface area contributed by atoms with Crippen LogP contribution in [-0.2, 0) is 4.79 Å². The molecule has 0 radical (unpaired) electrons. The Morgan fingerprint density at radius 2 is 2.16 bits per heavy atom. The van der Waals surface area contributed by atoms with Gasteiger partial charge in [-0.05, 0) is 61.9 Å². The third kappa shape index (κ3) is 3.37. The van der Waals surface area contributed by atoms with E-state index >= 15 is 0 Å². The van der Waals surface area contributed by atoms with E-state index in [0.29, 0.717) is 6.04 Å². The lowest BCUT2D eigenvalue weighted by Crippen LogP contribution is -2.31. The van der Waals surface area contributed by atoms with Crippen LogP contribution in [0.15, 0.2) is 24.3 Å². The van der Waals surface area contributed by atoms with Crippen LogP contribution in [0.1, 0.15) is 30.9 Å². The van der Waals surface area contributed by atoms with E-state index in [1.165, 1.54) is 30.2 Å². The minimum Gasteiger partial charge on any atom is -0.478 e. The van der Waals surface area contributed by atoms with Gasteiger partial charge in [0, 0.05) is 24.9 Å². The molecule has 3 nitrogen and oxygen atoms in total. The summed E-state index contributed by atoms with van der Waals surface area (Å²) < 4.78 is 0. The van der Waals surface area contributed by atoms with E-state index in [2.05, 4.69) is 31.9 Å². The minimum absolute atomic E-state index is 0.569. The number of rotatable bonds is 5. The number of carboxylic acid groups (broad SMARTS) is 1. The maximum atomic E-state index is 10.5. The van der Waals surface area contributed by atoms with Crippen molar-refractivity contribution in [3.8, 4) is 0 Å². The van der Waals surface area contributed by atoms with Crippen molar-refractivity contribution >= 4 is 17.7 Å². The highest BCUT2D eigenvalue weighted by Crippen LogP contribution is 2.37. The fraction of sp³-hybridized carbons (Fsp3) is 0.438. The largest absolute Gasteiger partial charge is 0.478 e. The summed E-state index contributed by atoms with van der Waals surface area (Å²) in [6.45, 7) is 4.35. The van der Waals surface area contributed by atoms with Gasteiger partial charge in [0.15, 0.2) is 0 Å². The highest BCUT2D eigenvalue weighted by atomic mass is 16.4. The summed E-state index contributed by atoms with van der Waals surface area (Å²) >= 11 is 0. The molecule has 2 rings (SSSR count). The van der Waals surface area contributed by atoms with Gasteiger partial charge in [0.25, 0.3) is 0 Å². The quantitative estimate of drug-likeness (QED) is 0.825. The second-order valence-corrected chi connectivity index (χ2v) is 5.41. The lowest BCUT2D eigenvalue weighted by molar-refractivity contribution is -0.131. The number of carbonyl (C=O) groups is 1. The molecule has 1 aromatic carbocycles. The fourth-order valence-corrected chi connectivity index (χ4v) is 2.46. The molecule has 1 aliphatic carbocycles. The lowest BCUT2D eigenvalue weighted by atomic mass is 10.1. The summed E-state index contributed by atoms with van der Waals surface area (Å²) in [5, 5.41) is 8.63. The Labute approximate surface area is 114 Å².